The van der Waals surface area contributed by atoms with Gasteiger partial charge in [-0.05, 0) is 50.6 Å². The van der Waals surface area contributed by atoms with E-state index in [1.165, 1.54) is 12.1 Å². The summed E-state index contributed by atoms with van der Waals surface area (Å²) in [5.74, 6) is 0.596. The topological polar surface area (TPSA) is 73.1 Å². The Morgan fingerprint density at radius 2 is 1.87 bits per heavy atom. The number of nitrogens with two attached hydrogens (primary N) is 1. The first kappa shape index (κ1) is 19.6. The van der Waals surface area contributed by atoms with Crippen molar-refractivity contribution in [1.82, 2.24) is 9.97 Å². The Balaban J connectivity index is 1.82. The quantitative estimate of drug-likeness (QED) is 0.409. The van der Waals surface area contributed by atoms with E-state index in [1.54, 1.807) is 12.3 Å². The summed E-state index contributed by atoms with van der Waals surface area (Å²) in [5.41, 5.74) is 10.8. The highest BCUT2D eigenvalue weighted by molar-refractivity contribution is 5.95. The fourth-order valence-electron chi connectivity index (χ4n) is 3.30. The molecule has 3 aromatic carbocycles. The molecule has 0 radical (unpaired) electrons. The molecule has 0 atom stereocenters. The van der Waals surface area contributed by atoms with E-state index in [-0.39, 0.29) is 11.9 Å². The van der Waals surface area contributed by atoms with Gasteiger partial charge in [-0.3, -0.25) is 0 Å². The van der Waals surface area contributed by atoms with Gasteiger partial charge in [-0.1, -0.05) is 24.3 Å². The highest BCUT2D eigenvalue weighted by Gasteiger charge is 2.14. The van der Waals surface area contributed by atoms with Crippen LogP contribution in [0.2, 0.25) is 0 Å². The number of nitrogens with one attached hydrogen (secondary N) is 1. The van der Waals surface area contributed by atoms with Crippen molar-refractivity contribution in [2.24, 2.45) is 0 Å². The first-order valence-electron chi connectivity index (χ1n) is 9.76. The average Bonchev–Trinajstić information content (AvgIpc) is 2.70. The molecular weight excluding hydrogens is 379 g/mol. The van der Waals surface area contributed by atoms with Gasteiger partial charge >= 0.3 is 0 Å². The smallest absolute Gasteiger partial charge is 0.227 e. The molecule has 0 aliphatic rings. The summed E-state index contributed by atoms with van der Waals surface area (Å²) in [5, 5.41) is 4.12. The van der Waals surface area contributed by atoms with Crippen LogP contribution >= 0.6 is 0 Å². The van der Waals surface area contributed by atoms with Gasteiger partial charge in [0.25, 0.3) is 0 Å². The number of benzene rings is 3. The van der Waals surface area contributed by atoms with E-state index < -0.39 is 0 Å². The molecule has 1 aromatic heterocycles. The second-order valence-electron chi connectivity index (χ2n) is 7.44. The molecule has 5 nitrogen and oxygen atoms in total. The Morgan fingerprint density at radius 1 is 1.03 bits per heavy atom. The maximum Gasteiger partial charge on any atom is 0.227 e. The molecule has 1 heterocycles. The monoisotopic (exact) mass is 402 g/mol. The van der Waals surface area contributed by atoms with Crippen LogP contribution in [0.4, 0.5) is 21.7 Å². The van der Waals surface area contributed by atoms with Crippen LogP contribution in [0.3, 0.4) is 0 Å². The Hall–Kier alpha value is -3.67. The molecule has 30 heavy (non-hydrogen) atoms. The summed E-state index contributed by atoms with van der Waals surface area (Å²) < 4.78 is 19.7. The third-order valence-corrected chi connectivity index (χ3v) is 4.72. The minimum Gasteiger partial charge on any atom is -0.490 e. The van der Waals surface area contributed by atoms with E-state index in [9.17, 15) is 4.39 Å². The molecule has 0 spiro atoms. The lowest BCUT2D eigenvalue weighted by atomic mass is 10.0. The first-order valence-corrected chi connectivity index (χ1v) is 9.76. The zero-order valence-corrected chi connectivity index (χ0v) is 17.1. The van der Waals surface area contributed by atoms with Crippen LogP contribution < -0.4 is 15.8 Å². The average molecular weight is 402 g/mol. The van der Waals surface area contributed by atoms with E-state index in [2.05, 4.69) is 10.3 Å². The lowest BCUT2D eigenvalue weighted by molar-refractivity contribution is 0.242. The number of nitrogens with zero attached hydrogens (tertiary/aromatic N) is 2. The van der Waals surface area contributed by atoms with Crippen molar-refractivity contribution in [3.8, 4) is 16.9 Å². The predicted molar refractivity (Wildman–Crippen MR) is 120 cm³/mol. The van der Waals surface area contributed by atoms with Gasteiger partial charge in [-0.25, -0.2) is 14.4 Å². The molecule has 0 saturated heterocycles. The van der Waals surface area contributed by atoms with Gasteiger partial charge < -0.3 is 15.8 Å². The molecule has 4 rings (SSSR count). The zero-order valence-electron chi connectivity index (χ0n) is 17.1. The summed E-state index contributed by atoms with van der Waals surface area (Å²) in [4.78, 5) is 9.19. The van der Waals surface area contributed by atoms with Crippen LogP contribution in [0.25, 0.3) is 22.0 Å². The summed E-state index contributed by atoms with van der Waals surface area (Å²) in [6, 6.07) is 16.0. The Kier molecular flexibility index (Phi) is 5.23. The largest absolute Gasteiger partial charge is 0.490 e. The normalized spacial score (nSPS) is 11.1. The minimum atomic E-state index is -0.344. The molecular formula is C24H23FN4O. The third-order valence-electron chi connectivity index (χ3n) is 4.72. The SMILES string of the molecule is Cc1ccc(N)cc1Nc1ncc2cccc(-c3ccc(F)cc3OC(C)C)c2n1. The molecule has 4 aromatic rings. The standard InChI is InChI=1S/C24H23FN4O/c1-14(2)30-22-11-17(25)8-10-19(22)20-6-4-5-16-13-27-24(29-23(16)20)28-21-12-18(26)9-7-15(21)3/h4-14H,26H2,1-3H3,(H,27,28,29). The number of ether oxygens (including phenoxy) is 1. The van der Waals surface area contributed by atoms with E-state index in [1.807, 2.05) is 57.2 Å². The zero-order chi connectivity index (χ0) is 21.3. The van der Waals surface area contributed by atoms with Crippen LogP contribution in [0, 0.1) is 12.7 Å². The number of halogens is 1. The molecule has 0 bridgehead atoms. The van der Waals surface area contributed by atoms with Crippen molar-refractivity contribution in [1.29, 1.82) is 0 Å². The molecule has 0 unspecified atom stereocenters. The fourth-order valence-corrected chi connectivity index (χ4v) is 3.30. The van der Waals surface area contributed by atoms with Crippen LogP contribution in [0.5, 0.6) is 5.75 Å². The number of hydrogen-bond donors (Lipinski definition) is 2. The number of aromatic nitrogens is 2. The third kappa shape index (κ3) is 4.03. The van der Waals surface area contributed by atoms with Crippen molar-refractivity contribution in [3.05, 3.63) is 72.2 Å². The van der Waals surface area contributed by atoms with Crippen LogP contribution in [-0.4, -0.2) is 16.1 Å². The minimum absolute atomic E-state index is 0.0844. The number of nitrogen functional groups attached to an aromatic ring is 1. The van der Waals surface area contributed by atoms with Crippen LogP contribution in [-0.2, 0) is 0 Å². The first-order chi connectivity index (χ1) is 14.4. The number of anilines is 3. The lowest BCUT2D eigenvalue weighted by Crippen LogP contribution is -2.07. The molecule has 0 fully saturated rings. The van der Waals surface area contributed by atoms with Gasteiger partial charge in [0.05, 0.1) is 11.6 Å². The molecule has 6 heteroatoms. The van der Waals surface area contributed by atoms with E-state index in [0.717, 1.165) is 33.3 Å². The Morgan fingerprint density at radius 3 is 2.67 bits per heavy atom. The van der Waals surface area contributed by atoms with E-state index in [0.29, 0.717) is 17.4 Å². The number of rotatable bonds is 5. The molecule has 152 valence electrons. The van der Waals surface area contributed by atoms with Gasteiger partial charge in [0.2, 0.25) is 5.95 Å². The number of para-hydroxylation sites is 1. The highest BCUT2D eigenvalue weighted by Crippen LogP contribution is 2.36. The van der Waals surface area contributed by atoms with Gasteiger partial charge in [0.1, 0.15) is 11.6 Å². The van der Waals surface area contributed by atoms with Gasteiger partial charge in [0.15, 0.2) is 0 Å². The second kappa shape index (κ2) is 7.99. The van der Waals surface area contributed by atoms with Gasteiger partial charge in [0, 0.05) is 40.2 Å². The molecule has 0 saturated carbocycles. The van der Waals surface area contributed by atoms with Crippen LogP contribution in [0.15, 0.2) is 60.8 Å². The second-order valence-corrected chi connectivity index (χ2v) is 7.44. The van der Waals surface area contributed by atoms with Crippen molar-refractivity contribution >= 4 is 28.2 Å². The highest BCUT2D eigenvalue weighted by atomic mass is 19.1. The summed E-state index contributed by atoms with van der Waals surface area (Å²) in [6.07, 6.45) is 1.68. The Labute approximate surface area is 174 Å². The molecule has 0 aliphatic carbocycles. The lowest BCUT2D eigenvalue weighted by Gasteiger charge is -2.16. The molecule has 0 aliphatic heterocycles. The molecule has 3 N–H and O–H groups in total. The summed E-state index contributed by atoms with van der Waals surface area (Å²) >= 11 is 0. The van der Waals surface area contributed by atoms with Crippen molar-refractivity contribution < 1.29 is 9.13 Å². The van der Waals surface area contributed by atoms with Crippen molar-refractivity contribution in [3.63, 3.8) is 0 Å². The summed E-state index contributed by atoms with van der Waals surface area (Å²) in [7, 11) is 0. The van der Waals surface area contributed by atoms with Crippen LogP contribution in [0.1, 0.15) is 19.4 Å². The summed E-state index contributed by atoms with van der Waals surface area (Å²) in [6.45, 7) is 5.81. The number of aryl methyl sites for hydroxylation is 1. The van der Waals surface area contributed by atoms with Gasteiger partial charge in [-0.2, -0.15) is 0 Å². The van der Waals surface area contributed by atoms with E-state index >= 15 is 0 Å². The van der Waals surface area contributed by atoms with Crippen molar-refractivity contribution in [2.45, 2.75) is 26.9 Å². The van der Waals surface area contributed by atoms with Crippen molar-refractivity contribution in [2.75, 3.05) is 11.1 Å². The number of fused-ring (bicyclic) bond motifs is 1. The fraction of sp³-hybridized carbons (Fsp3) is 0.167. The molecule has 0 amide bonds. The van der Waals surface area contributed by atoms with E-state index in [4.69, 9.17) is 15.5 Å². The maximum atomic E-state index is 13.9. The predicted octanol–water partition coefficient (Wildman–Crippen LogP) is 5.86. The Bertz CT molecular complexity index is 1220. The number of hydrogen-bond acceptors (Lipinski definition) is 5. The maximum absolute atomic E-state index is 13.9. The van der Waals surface area contributed by atoms with Gasteiger partial charge in [-0.15, -0.1) is 0 Å².